The molecule has 12 heteroatoms. The second-order valence-electron chi connectivity index (χ2n) is 4.14. The van der Waals surface area contributed by atoms with Crippen molar-refractivity contribution in [3.05, 3.63) is 29.8 Å². The number of carbonyl (C=O) groups excluding carboxylic acids is 1. The molecule has 0 aromatic heterocycles. The first-order valence-electron chi connectivity index (χ1n) is 6.40. The van der Waals surface area contributed by atoms with Gasteiger partial charge in [0.25, 0.3) is 0 Å². The SMILES string of the molecule is CCO[Si](OC)(OC)C(F)(F)N(F)C(=O)Oc1cccc(F)c1F. The third kappa shape index (κ3) is 3.66. The minimum absolute atomic E-state index is 0.328. The van der Waals surface area contributed by atoms with Crippen molar-refractivity contribution < 1.29 is 44.9 Å². The predicted molar refractivity (Wildman–Crippen MR) is 71.7 cm³/mol. The number of halogens is 5. The number of alkyl halides is 2. The fourth-order valence-corrected chi connectivity index (χ4v) is 3.43. The monoisotopic (exact) mass is 375 g/mol. The number of nitrogens with zero attached hydrogens (tertiary/aromatic N) is 1. The fraction of sp³-hybridized carbons (Fsp3) is 0.417. The highest BCUT2D eigenvalue weighted by atomic mass is 28.4. The van der Waals surface area contributed by atoms with E-state index in [2.05, 4.69) is 18.0 Å². The Morgan fingerprint density at radius 2 is 1.83 bits per heavy atom. The molecule has 0 fully saturated rings. The van der Waals surface area contributed by atoms with Gasteiger partial charge in [0.2, 0.25) is 5.82 Å². The molecule has 0 aliphatic rings. The number of amides is 1. The van der Waals surface area contributed by atoms with Crippen LogP contribution < -0.4 is 4.74 Å². The Bertz CT molecular complexity index is 587. The molecule has 1 aromatic carbocycles. The van der Waals surface area contributed by atoms with E-state index in [-0.39, 0.29) is 6.61 Å². The van der Waals surface area contributed by atoms with Gasteiger partial charge in [0, 0.05) is 20.8 Å². The van der Waals surface area contributed by atoms with Crippen LogP contribution in [0.25, 0.3) is 0 Å². The van der Waals surface area contributed by atoms with Gasteiger partial charge >= 0.3 is 20.6 Å². The molecule has 0 saturated heterocycles. The van der Waals surface area contributed by atoms with Gasteiger partial charge in [-0.3, -0.25) is 0 Å². The van der Waals surface area contributed by atoms with E-state index in [0.717, 1.165) is 26.4 Å². The maximum atomic E-state index is 14.2. The summed E-state index contributed by atoms with van der Waals surface area (Å²) in [5.74, 6) is -4.13. The zero-order valence-corrected chi connectivity index (χ0v) is 13.8. The van der Waals surface area contributed by atoms with Crippen LogP contribution in [0.5, 0.6) is 5.75 Å². The average molecular weight is 375 g/mol. The van der Waals surface area contributed by atoms with E-state index in [4.69, 9.17) is 0 Å². The summed E-state index contributed by atoms with van der Waals surface area (Å²) in [6.07, 6.45) is -2.31. The third-order valence-electron chi connectivity index (χ3n) is 2.76. The minimum Gasteiger partial charge on any atom is -0.405 e. The van der Waals surface area contributed by atoms with E-state index >= 15 is 0 Å². The van der Waals surface area contributed by atoms with Gasteiger partial charge in [-0.25, -0.2) is 9.18 Å². The minimum atomic E-state index is -4.99. The molecule has 0 unspecified atom stereocenters. The molecule has 0 atom stereocenters. The lowest BCUT2D eigenvalue weighted by Gasteiger charge is -2.34. The highest BCUT2D eigenvalue weighted by Crippen LogP contribution is 2.34. The summed E-state index contributed by atoms with van der Waals surface area (Å²) in [7, 11) is -3.42. The van der Waals surface area contributed by atoms with E-state index in [1.807, 2.05) is 0 Å². The molecule has 0 radical (unpaired) electrons. The second kappa shape index (κ2) is 7.87. The van der Waals surface area contributed by atoms with E-state index in [1.165, 1.54) is 6.92 Å². The Labute approximate surface area is 135 Å². The normalized spacial score (nSPS) is 12.2. The van der Waals surface area contributed by atoms with Gasteiger partial charge in [-0.1, -0.05) is 15.7 Å². The summed E-state index contributed by atoms with van der Waals surface area (Å²) >= 11 is 0. The number of hydrogen-bond acceptors (Lipinski definition) is 5. The first-order chi connectivity index (χ1) is 11.2. The predicted octanol–water partition coefficient (Wildman–Crippen LogP) is 3.05. The van der Waals surface area contributed by atoms with Crippen LogP contribution >= 0.6 is 0 Å². The maximum Gasteiger partial charge on any atom is 0.602 e. The Hall–Kier alpha value is -1.76. The van der Waals surface area contributed by atoms with Crippen LogP contribution in [0.4, 0.5) is 26.8 Å². The summed E-state index contributed by atoms with van der Waals surface area (Å²) in [5.41, 5.74) is -4.69. The number of hydrogen-bond donors (Lipinski definition) is 0. The van der Waals surface area contributed by atoms with Crippen LogP contribution in [0.2, 0.25) is 0 Å². The quantitative estimate of drug-likeness (QED) is 0.317. The van der Waals surface area contributed by atoms with Crippen LogP contribution in [0.15, 0.2) is 18.2 Å². The lowest BCUT2D eigenvalue weighted by molar-refractivity contribution is -0.195. The summed E-state index contributed by atoms with van der Waals surface area (Å²) in [6, 6.07) is 2.38. The molecular weight excluding hydrogens is 361 g/mol. The molecule has 0 heterocycles. The van der Waals surface area contributed by atoms with E-state index < -0.39 is 43.1 Å². The number of ether oxygens (including phenoxy) is 1. The highest BCUT2D eigenvalue weighted by Gasteiger charge is 2.70. The Morgan fingerprint density at radius 3 is 2.33 bits per heavy atom. The zero-order chi connectivity index (χ0) is 18.5. The summed E-state index contributed by atoms with van der Waals surface area (Å²) in [4.78, 5) is 11.5. The average Bonchev–Trinajstić information content (AvgIpc) is 2.55. The molecule has 0 saturated carbocycles. The van der Waals surface area contributed by atoms with Crippen molar-refractivity contribution in [2.45, 2.75) is 12.6 Å². The summed E-state index contributed by atoms with van der Waals surface area (Å²) in [5, 5.41) is -1.65. The first kappa shape index (κ1) is 20.3. The smallest absolute Gasteiger partial charge is 0.405 e. The van der Waals surface area contributed by atoms with Gasteiger partial charge in [-0.05, 0) is 19.1 Å². The molecule has 1 amide bonds. The lowest BCUT2D eigenvalue weighted by atomic mass is 10.3. The van der Waals surface area contributed by atoms with Gasteiger partial charge in [0.15, 0.2) is 11.6 Å². The molecule has 1 aromatic rings. The van der Waals surface area contributed by atoms with Gasteiger partial charge in [-0.2, -0.15) is 13.2 Å². The molecule has 24 heavy (non-hydrogen) atoms. The molecule has 1 rings (SSSR count). The standard InChI is InChI=1S/C12H14F5NO5Si/c1-4-22-24(20-2,21-3)12(15,16)18(17)11(19)23-9-7-5-6-8(13)10(9)14/h5-7H,4H2,1-3H3. The fourth-order valence-electron chi connectivity index (χ4n) is 1.66. The molecule has 0 aliphatic heterocycles. The topological polar surface area (TPSA) is 57.2 Å². The van der Waals surface area contributed by atoms with Gasteiger partial charge in [0.05, 0.1) is 0 Å². The van der Waals surface area contributed by atoms with Gasteiger partial charge in [0.1, 0.15) is 0 Å². The van der Waals surface area contributed by atoms with Crippen molar-refractivity contribution in [1.29, 1.82) is 0 Å². The molecule has 0 spiro atoms. The van der Waals surface area contributed by atoms with Crippen LogP contribution in [-0.2, 0) is 13.3 Å². The Morgan fingerprint density at radius 1 is 1.25 bits per heavy atom. The number of rotatable bonds is 7. The van der Waals surface area contributed by atoms with E-state index in [0.29, 0.717) is 6.07 Å². The van der Waals surface area contributed by atoms with Crippen molar-refractivity contribution in [3.8, 4) is 5.75 Å². The highest BCUT2D eigenvalue weighted by molar-refractivity contribution is 6.63. The summed E-state index contributed by atoms with van der Waals surface area (Å²) in [6.45, 7) is 0.990. The van der Waals surface area contributed by atoms with Crippen molar-refractivity contribution in [3.63, 3.8) is 0 Å². The van der Waals surface area contributed by atoms with Crippen molar-refractivity contribution in [2.24, 2.45) is 0 Å². The number of carbonyl (C=O) groups is 1. The molecule has 0 aliphatic carbocycles. The summed E-state index contributed by atoms with van der Waals surface area (Å²) < 4.78 is 86.4. The molecule has 136 valence electrons. The molecule has 0 bridgehead atoms. The van der Waals surface area contributed by atoms with Crippen molar-refractivity contribution >= 4 is 14.9 Å². The van der Waals surface area contributed by atoms with Crippen molar-refractivity contribution in [1.82, 2.24) is 5.12 Å². The Kier molecular flexibility index (Phi) is 6.65. The molecule has 6 nitrogen and oxygen atoms in total. The molecular formula is C12H14F5NO5Si. The second-order valence-corrected chi connectivity index (χ2v) is 6.96. The lowest BCUT2D eigenvalue weighted by Crippen LogP contribution is -2.66. The first-order valence-corrected chi connectivity index (χ1v) is 8.13. The van der Waals surface area contributed by atoms with Crippen LogP contribution in [0, 0.1) is 11.6 Å². The maximum absolute atomic E-state index is 14.2. The van der Waals surface area contributed by atoms with Gasteiger partial charge in [-0.15, -0.1) is 0 Å². The van der Waals surface area contributed by atoms with E-state index in [1.54, 1.807) is 0 Å². The zero-order valence-electron chi connectivity index (χ0n) is 12.8. The van der Waals surface area contributed by atoms with Crippen LogP contribution in [0.3, 0.4) is 0 Å². The van der Waals surface area contributed by atoms with Crippen molar-refractivity contribution in [2.75, 3.05) is 20.8 Å². The number of benzene rings is 1. The van der Waals surface area contributed by atoms with Gasteiger partial charge < -0.3 is 18.0 Å². The Balaban J connectivity index is 3.07. The van der Waals surface area contributed by atoms with Crippen LogP contribution in [0.1, 0.15) is 6.92 Å². The van der Waals surface area contributed by atoms with E-state index in [9.17, 15) is 26.8 Å². The molecule has 0 N–H and O–H groups in total. The largest absolute Gasteiger partial charge is 0.602 e. The van der Waals surface area contributed by atoms with Crippen LogP contribution in [-0.4, -0.2) is 46.5 Å². The third-order valence-corrected chi connectivity index (χ3v) is 5.44.